The fraction of sp³-hybridized carbons (Fsp3) is 0.447. The maximum Gasteiger partial charge on any atom is 0.175 e. The van der Waals surface area contributed by atoms with Crippen LogP contribution in [0.25, 0.3) is 0 Å². The molecule has 9 atom stereocenters. The van der Waals surface area contributed by atoms with Gasteiger partial charge in [0.05, 0.1) is 29.3 Å². The third-order valence-corrected chi connectivity index (χ3v) is 29.2. The van der Waals surface area contributed by atoms with E-state index in [9.17, 15) is 52.2 Å². The van der Waals surface area contributed by atoms with Crippen LogP contribution >= 0.6 is 23.5 Å². The van der Waals surface area contributed by atoms with Gasteiger partial charge in [0, 0.05) is 134 Å². The van der Waals surface area contributed by atoms with Gasteiger partial charge in [0.1, 0.15) is 0 Å². The molecule has 19 heteroatoms. The van der Waals surface area contributed by atoms with Gasteiger partial charge in [0.2, 0.25) is 0 Å². The minimum Gasteiger partial charge on any atom is -0.391 e. The lowest BCUT2D eigenvalue weighted by Gasteiger charge is -2.41. The summed E-state index contributed by atoms with van der Waals surface area (Å²) in [5, 5.41) is 42.7. The summed E-state index contributed by atoms with van der Waals surface area (Å²) in [7, 11) is -4.28. The summed E-state index contributed by atoms with van der Waals surface area (Å²) in [6.45, 7) is 9.03. The predicted octanol–water partition coefficient (Wildman–Crippen LogP) is 13.8. The Balaban J connectivity index is 0.000000132. The molecule has 4 saturated heterocycles. The average Bonchev–Trinajstić information content (AvgIpc) is 0.809. The van der Waals surface area contributed by atoms with Crippen molar-refractivity contribution < 1.29 is 52.2 Å². The van der Waals surface area contributed by atoms with Gasteiger partial charge < -0.3 is 20.4 Å². The van der Waals surface area contributed by atoms with Crippen molar-refractivity contribution in [3.05, 3.63) is 261 Å². The molecule has 15 nitrogen and oxygen atoms in total. The number of ketones is 4. The van der Waals surface area contributed by atoms with Gasteiger partial charge in [-0.05, 0) is 241 Å². The maximum atomic E-state index is 13.0. The first-order valence-electron chi connectivity index (χ1n) is 40.9. The van der Waals surface area contributed by atoms with Gasteiger partial charge >= 0.3 is 0 Å². The molecule has 0 aromatic heterocycles. The van der Waals surface area contributed by atoms with Crippen LogP contribution in [0.1, 0.15) is 151 Å². The highest BCUT2D eigenvalue weighted by molar-refractivity contribution is 7.99. The number of carbonyl (C=O) groups excluding carboxylic acids is 4. The standard InChI is InChI=1S/C25H31NO2S.C23H27NO4S.C23H27NO3S.C23H27NO2S/c1-2-15-29-22-9-7-18(8-10-22)25(28)19-11-13-26(14-12-19)23-16-20-5-3-4-6-21(20)17-24(23)27;1-29(27,28)20-8-6-16(7-9-20)23(26)17-10-12-24(13-11-17)21-14-18-4-2-3-5-19(18)15-22(21)25;1-28(27)20-8-6-16(7-9-20)23(26)17-10-12-24(13-11-17)21-14-18-4-2-3-5-19(18)15-22(21)25;1-27-20-8-6-16(7-9-20)23(26)17-10-12-24(13-11-17)21-14-18-4-2-3-5-19(18)15-22(21)25/h3-10,19,23-24,27H,2,11-17H2,1H3;2-9,17,21-22,25H,10-15H2,1H3;2-9,17,21-22,25H,10-15H2,1H3;2-9,17,21-22,25H,10-15H2,1H3/t23?,24-;21?,22-;21?,22-,28?;21?,22-/m1111/s1. The van der Waals surface area contributed by atoms with E-state index in [4.69, 9.17) is 0 Å². The third-order valence-electron chi connectivity index (χ3n) is 25.2. The number of fused-ring (bicyclic) bond motifs is 4. The number of thioether (sulfide) groups is 2. The van der Waals surface area contributed by atoms with Crippen LogP contribution < -0.4 is 0 Å². The Kier molecular flexibility index (Phi) is 29.1. The molecule has 0 saturated carbocycles. The second kappa shape index (κ2) is 39.2. The average molecular weight is 1600 g/mol. The van der Waals surface area contributed by atoms with E-state index in [0.717, 1.165) is 177 Å². The van der Waals surface area contributed by atoms with E-state index in [1.807, 2.05) is 72.6 Å². The van der Waals surface area contributed by atoms with Crippen molar-refractivity contribution in [3.63, 3.8) is 0 Å². The summed E-state index contributed by atoms with van der Waals surface area (Å²) in [6.07, 6.45) is 17.8. The van der Waals surface area contributed by atoms with Gasteiger partial charge in [0.25, 0.3) is 0 Å². The molecule has 16 rings (SSSR count). The van der Waals surface area contributed by atoms with Gasteiger partial charge in [-0.25, -0.2) is 8.42 Å². The number of hydrogen-bond donors (Lipinski definition) is 4. The minimum absolute atomic E-state index is 0.0299. The lowest BCUT2D eigenvalue weighted by atomic mass is 9.83. The number of rotatable bonds is 18. The van der Waals surface area contributed by atoms with Gasteiger partial charge in [0.15, 0.2) is 33.0 Å². The predicted molar refractivity (Wildman–Crippen MR) is 453 cm³/mol. The normalized spacial score (nSPS) is 23.7. The largest absolute Gasteiger partial charge is 0.391 e. The molecule has 4 fully saturated rings. The zero-order valence-electron chi connectivity index (χ0n) is 65.9. The summed E-state index contributed by atoms with van der Waals surface area (Å²) >= 11 is 3.54. The summed E-state index contributed by atoms with van der Waals surface area (Å²) in [5.74, 6) is 2.13. The Morgan fingerprint density at radius 3 is 0.850 bits per heavy atom. The molecule has 4 N–H and O–H groups in total. The maximum absolute atomic E-state index is 13.0. The minimum atomic E-state index is -3.26. The molecule has 0 bridgehead atoms. The van der Waals surface area contributed by atoms with Crippen LogP contribution in [0.15, 0.2) is 214 Å². The molecule has 113 heavy (non-hydrogen) atoms. The van der Waals surface area contributed by atoms with E-state index in [2.05, 4.69) is 118 Å². The van der Waals surface area contributed by atoms with Gasteiger partial charge in [-0.3, -0.25) is 43.0 Å². The number of piperidine rings is 4. The summed E-state index contributed by atoms with van der Waals surface area (Å²) in [5.41, 5.74) is 13.4. The molecule has 4 heterocycles. The number of aliphatic hydroxyl groups is 4. The summed E-state index contributed by atoms with van der Waals surface area (Å²) in [6, 6.07) is 63.7. The van der Waals surface area contributed by atoms with Gasteiger partial charge in [-0.1, -0.05) is 153 Å². The quantitative estimate of drug-likeness (QED) is 0.0464. The summed E-state index contributed by atoms with van der Waals surface area (Å²) < 4.78 is 34.7. The van der Waals surface area contributed by atoms with Crippen molar-refractivity contribution in [2.45, 2.75) is 184 Å². The molecule has 4 aliphatic heterocycles. The molecule has 0 amide bonds. The van der Waals surface area contributed by atoms with Crippen LogP contribution in [0, 0.1) is 23.7 Å². The van der Waals surface area contributed by atoms with Crippen LogP contribution in [-0.4, -0.2) is 201 Å². The second-order valence-corrected chi connectivity index (χ2v) is 37.8. The zero-order valence-corrected chi connectivity index (χ0v) is 69.1. The number of likely N-dealkylation sites (tertiary alicyclic amines) is 4. The van der Waals surface area contributed by atoms with Crippen molar-refractivity contribution >= 4 is 67.3 Å². The third kappa shape index (κ3) is 21.2. The molecule has 0 spiro atoms. The van der Waals surface area contributed by atoms with Crippen LogP contribution in [0.4, 0.5) is 0 Å². The molecular formula is C94H112N4O11S4. The molecule has 5 unspecified atom stereocenters. The highest BCUT2D eigenvalue weighted by Crippen LogP contribution is 2.36. The number of aliphatic hydroxyl groups excluding tert-OH is 4. The Bertz CT molecular complexity index is 4670. The van der Waals surface area contributed by atoms with Gasteiger partial charge in [-0.2, -0.15) is 0 Å². The lowest BCUT2D eigenvalue weighted by Crippen LogP contribution is -2.51. The van der Waals surface area contributed by atoms with Crippen molar-refractivity contribution in [2.24, 2.45) is 23.7 Å². The Morgan fingerprint density at radius 1 is 0.372 bits per heavy atom. The van der Waals surface area contributed by atoms with Crippen LogP contribution in [-0.2, 0) is 72.0 Å². The topological polar surface area (TPSA) is 213 Å². The first-order valence-corrected chi connectivity index (χ1v) is 46.6. The Hall–Kier alpha value is -7.08. The molecule has 8 aliphatic rings. The smallest absolute Gasteiger partial charge is 0.175 e. The number of nitrogens with zero attached hydrogens (tertiary/aromatic N) is 4. The molecule has 0 radical (unpaired) electrons. The number of carbonyl (C=O) groups is 4. The van der Waals surface area contributed by atoms with Crippen molar-refractivity contribution in [3.8, 4) is 0 Å². The highest BCUT2D eigenvalue weighted by atomic mass is 32.2. The molecular weight excluding hydrogens is 1490 g/mol. The van der Waals surface area contributed by atoms with E-state index in [0.29, 0.717) is 24.0 Å². The molecule has 8 aromatic carbocycles. The Labute approximate surface area is 680 Å². The van der Waals surface area contributed by atoms with E-state index < -0.39 is 20.6 Å². The van der Waals surface area contributed by atoms with Crippen LogP contribution in [0.5, 0.6) is 0 Å². The monoisotopic (exact) mass is 1600 g/mol. The molecule has 598 valence electrons. The van der Waals surface area contributed by atoms with E-state index in [-0.39, 0.29) is 100 Å². The van der Waals surface area contributed by atoms with Crippen LogP contribution in [0.3, 0.4) is 0 Å². The fourth-order valence-corrected chi connectivity index (χ4v) is 20.8. The Morgan fingerprint density at radius 2 is 0.611 bits per heavy atom. The van der Waals surface area contributed by atoms with Crippen molar-refractivity contribution in [1.29, 1.82) is 0 Å². The highest BCUT2D eigenvalue weighted by Gasteiger charge is 2.40. The van der Waals surface area contributed by atoms with Crippen LogP contribution in [0.2, 0.25) is 0 Å². The van der Waals surface area contributed by atoms with Crippen molar-refractivity contribution in [1.82, 2.24) is 19.6 Å². The number of sulfone groups is 1. The summed E-state index contributed by atoms with van der Waals surface area (Å²) in [4.78, 5) is 64.4. The lowest BCUT2D eigenvalue weighted by molar-refractivity contribution is 0.0237. The SMILES string of the molecule is CCCSc1ccc(C(=O)C2CCN(C3Cc4ccccc4C[C@H]3O)CC2)cc1.CS(=O)(=O)c1ccc(C(=O)C2CCN(C3Cc4ccccc4C[C@H]3O)CC2)cc1.CS(=O)c1ccc(C(=O)C2CCN(C3Cc4ccccc4C[C@H]3O)CC2)cc1.CSc1ccc(C(=O)C2CCN(C3Cc4ccccc4C[C@H]3O)CC2)cc1. The fourth-order valence-electron chi connectivity index (χ4n) is 18.5. The second-order valence-electron chi connectivity index (χ2n) is 32.3. The number of Topliss-reactive ketones (excluding diaryl/α,β-unsaturated/α-hetero) is 4. The van der Waals surface area contributed by atoms with Crippen molar-refractivity contribution in [2.75, 3.05) is 76.9 Å². The van der Waals surface area contributed by atoms with E-state index in [1.54, 1.807) is 54.4 Å². The van der Waals surface area contributed by atoms with E-state index in [1.165, 1.54) is 66.4 Å². The molecule has 4 aliphatic carbocycles. The van der Waals surface area contributed by atoms with E-state index >= 15 is 0 Å². The molecule has 8 aromatic rings. The number of benzene rings is 8. The first-order chi connectivity index (χ1) is 54.7. The first kappa shape index (κ1) is 83.9. The number of hydrogen-bond acceptors (Lipinski definition) is 17. The van der Waals surface area contributed by atoms with Gasteiger partial charge in [-0.15, -0.1) is 23.5 Å². The zero-order chi connectivity index (χ0) is 79.3.